The highest BCUT2D eigenvalue weighted by Gasteiger charge is 2.46. The number of hydrogen-bond donors (Lipinski definition) is 0. The molecule has 1 aliphatic rings. The van der Waals surface area contributed by atoms with Crippen molar-refractivity contribution in [2.24, 2.45) is 5.92 Å². The molecule has 0 bridgehead atoms. The third-order valence-electron chi connectivity index (χ3n) is 5.69. The predicted octanol–water partition coefficient (Wildman–Crippen LogP) is 5.08. The van der Waals surface area contributed by atoms with Crippen LogP contribution in [0.15, 0.2) is 79.0 Å². The molecule has 144 valence electrons. The first-order valence-electron chi connectivity index (χ1n) is 10.2. The van der Waals surface area contributed by atoms with Gasteiger partial charge in [0, 0.05) is 30.4 Å². The highest BCUT2D eigenvalue weighted by molar-refractivity contribution is 5.83. The monoisotopic (exact) mass is 372 g/mol. The molecule has 1 saturated carbocycles. The molecule has 0 spiro atoms. The summed E-state index contributed by atoms with van der Waals surface area (Å²) in [5, 5.41) is 0. The summed E-state index contributed by atoms with van der Waals surface area (Å²) in [7, 11) is 0. The lowest BCUT2D eigenvalue weighted by atomic mass is 10.1. The Morgan fingerprint density at radius 3 is 2.36 bits per heavy atom. The van der Waals surface area contributed by atoms with Gasteiger partial charge in [-0.25, -0.2) is 0 Å². The van der Waals surface area contributed by atoms with Gasteiger partial charge in [0.2, 0.25) is 5.91 Å². The number of carbonyl (C=O) groups excluding carboxylic acids is 1. The second-order valence-corrected chi connectivity index (χ2v) is 8.03. The molecule has 28 heavy (non-hydrogen) atoms. The van der Waals surface area contributed by atoms with Crippen molar-refractivity contribution in [3.8, 4) is 0 Å². The number of benzene rings is 2. The lowest BCUT2D eigenvalue weighted by Gasteiger charge is -2.28. The molecule has 3 heteroatoms. The number of amides is 1. The van der Waals surface area contributed by atoms with E-state index < -0.39 is 0 Å². The predicted molar refractivity (Wildman–Crippen MR) is 113 cm³/mol. The van der Waals surface area contributed by atoms with Crippen LogP contribution in [0.4, 0.5) is 0 Å². The second kappa shape index (κ2) is 8.05. The van der Waals surface area contributed by atoms with Crippen molar-refractivity contribution in [3.05, 3.63) is 95.8 Å². The Morgan fingerprint density at radius 2 is 1.68 bits per heavy atom. The van der Waals surface area contributed by atoms with E-state index in [0.717, 1.165) is 13.0 Å². The van der Waals surface area contributed by atoms with E-state index in [1.54, 1.807) is 0 Å². The normalized spacial score (nSPS) is 18.2. The molecule has 1 heterocycles. The van der Waals surface area contributed by atoms with E-state index >= 15 is 0 Å². The van der Waals surface area contributed by atoms with Gasteiger partial charge in [-0.15, -0.1) is 0 Å². The zero-order valence-corrected chi connectivity index (χ0v) is 16.7. The van der Waals surface area contributed by atoms with Crippen molar-refractivity contribution in [3.63, 3.8) is 0 Å². The molecule has 0 saturated heterocycles. The van der Waals surface area contributed by atoms with Gasteiger partial charge < -0.3 is 9.47 Å². The summed E-state index contributed by atoms with van der Waals surface area (Å²) in [4.78, 5) is 15.3. The van der Waals surface area contributed by atoms with Crippen molar-refractivity contribution >= 4 is 5.91 Å². The smallest absolute Gasteiger partial charge is 0.226 e. The van der Waals surface area contributed by atoms with E-state index in [1.807, 2.05) is 17.0 Å². The molecule has 0 unspecified atom stereocenters. The van der Waals surface area contributed by atoms with Gasteiger partial charge in [-0.3, -0.25) is 4.79 Å². The molecule has 2 atom stereocenters. The van der Waals surface area contributed by atoms with Gasteiger partial charge in [-0.2, -0.15) is 0 Å². The number of aromatic nitrogens is 1. The minimum Gasteiger partial charge on any atom is -0.345 e. The van der Waals surface area contributed by atoms with E-state index in [4.69, 9.17) is 0 Å². The van der Waals surface area contributed by atoms with E-state index in [9.17, 15) is 4.79 Å². The quantitative estimate of drug-likeness (QED) is 0.568. The summed E-state index contributed by atoms with van der Waals surface area (Å²) < 4.78 is 2.25. The molecule has 1 amide bonds. The molecular formula is C25H28N2O. The molecule has 1 aliphatic carbocycles. The van der Waals surface area contributed by atoms with Gasteiger partial charge >= 0.3 is 0 Å². The van der Waals surface area contributed by atoms with Gasteiger partial charge in [0.05, 0.1) is 6.54 Å². The Hall–Kier alpha value is -2.81. The van der Waals surface area contributed by atoms with Crippen LogP contribution in [-0.2, 0) is 17.9 Å². The second-order valence-electron chi connectivity index (χ2n) is 8.03. The van der Waals surface area contributed by atoms with Crippen molar-refractivity contribution in [2.75, 3.05) is 0 Å². The van der Waals surface area contributed by atoms with Crippen molar-refractivity contribution in [1.29, 1.82) is 0 Å². The average Bonchev–Trinajstić information content (AvgIpc) is 3.41. The summed E-state index contributed by atoms with van der Waals surface area (Å²) >= 11 is 0. The SMILES string of the molecule is CC(C)N(Cc1cccn1Cc1ccccc1)C(=O)[C@@H]1C[C@H]1c1ccccc1. The largest absolute Gasteiger partial charge is 0.345 e. The molecule has 3 aromatic rings. The number of nitrogens with zero attached hydrogens (tertiary/aromatic N) is 2. The highest BCUT2D eigenvalue weighted by atomic mass is 16.2. The maximum absolute atomic E-state index is 13.2. The average molecular weight is 373 g/mol. The zero-order valence-electron chi connectivity index (χ0n) is 16.7. The van der Waals surface area contributed by atoms with Gasteiger partial charge in [0.25, 0.3) is 0 Å². The van der Waals surface area contributed by atoms with Crippen LogP contribution < -0.4 is 0 Å². The van der Waals surface area contributed by atoms with Gasteiger partial charge in [0.15, 0.2) is 0 Å². The standard InChI is InChI=1S/C25H28N2O/c1-19(2)27(25(28)24-16-23(24)21-12-7-4-8-13-21)18-22-14-9-15-26(22)17-20-10-5-3-6-11-20/h3-15,19,23-24H,16-18H2,1-2H3/t23-,24+/m0/s1. The zero-order chi connectivity index (χ0) is 19.5. The first kappa shape index (κ1) is 18.5. The Balaban J connectivity index is 1.47. The van der Waals surface area contributed by atoms with Crippen molar-refractivity contribution < 1.29 is 4.79 Å². The summed E-state index contributed by atoms with van der Waals surface area (Å²) in [6, 6.07) is 25.3. The number of carbonyl (C=O) groups is 1. The third-order valence-corrected chi connectivity index (χ3v) is 5.69. The number of hydrogen-bond acceptors (Lipinski definition) is 1. The van der Waals surface area contributed by atoms with Crippen LogP contribution in [0.1, 0.15) is 43.0 Å². The first-order chi connectivity index (χ1) is 13.6. The fraction of sp³-hybridized carbons (Fsp3) is 0.320. The summed E-state index contributed by atoms with van der Waals surface area (Å²) in [6.07, 6.45) is 3.08. The fourth-order valence-electron chi connectivity index (χ4n) is 3.97. The fourth-order valence-corrected chi connectivity index (χ4v) is 3.97. The topological polar surface area (TPSA) is 25.2 Å². The lowest BCUT2D eigenvalue weighted by molar-refractivity contribution is -0.135. The maximum Gasteiger partial charge on any atom is 0.226 e. The minimum absolute atomic E-state index is 0.127. The minimum atomic E-state index is 0.127. The molecule has 1 aromatic heterocycles. The Bertz CT molecular complexity index is 914. The number of rotatable bonds is 7. The van der Waals surface area contributed by atoms with Crippen LogP contribution >= 0.6 is 0 Å². The highest BCUT2D eigenvalue weighted by Crippen LogP contribution is 2.48. The Morgan fingerprint density at radius 1 is 1.00 bits per heavy atom. The Kier molecular flexibility index (Phi) is 5.34. The summed E-state index contributed by atoms with van der Waals surface area (Å²) in [5.74, 6) is 0.796. The van der Waals surface area contributed by atoms with Crippen LogP contribution in [0.5, 0.6) is 0 Å². The maximum atomic E-state index is 13.2. The van der Waals surface area contributed by atoms with E-state index in [-0.39, 0.29) is 17.9 Å². The molecule has 0 N–H and O–H groups in total. The van der Waals surface area contributed by atoms with Crippen molar-refractivity contribution in [2.45, 2.75) is 45.3 Å². The van der Waals surface area contributed by atoms with E-state index in [1.165, 1.54) is 16.8 Å². The molecule has 1 fully saturated rings. The van der Waals surface area contributed by atoms with Gasteiger partial charge in [-0.1, -0.05) is 60.7 Å². The third kappa shape index (κ3) is 4.04. The molecule has 2 aromatic carbocycles. The molecular weight excluding hydrogens is 344 g/mol. The van der Waals surface area contributed by atoms with Crippen LogP contribution in [0.25, 0.3) is 0 Å². The molecule has 3 nitrogen and oxygen atoms in total. The van der Waals surface area contributed by atoms with Crippen molar-refractivity contribution in [1.82, 2.24) is 9.47 Å². The van der Waals surface area contributed by atoms with Crippen LogP contribution in [-0.4, -0.2) is 21.4 Å². The molecule has 0 radical (unpaired) electrons. The van der Waals surface area contributed by atoms with Crippen LogP contribution in [0.2, 0.25) is 0 Å². The van der Waals surface area contributed by atoms with Gasteiger partial charge in [0.1, 0.15) is 0 Å². The lowest BCUT2D eigenvalue weighted by Crippen LogP contribution is -2.38. The Labute approximate surface area is 167 Å². The first-order valence-corrected chi connectivity index (χ1v) is 10.2. The van der Waals surface area contributed by atoms with Crippen LogP contribution in [0, 0.1) is 5.92 Å². The molecule has 4 rings (SSSR count). The van der Waals surface area contributed by atoms with Gasteiger partial charge in [-0.05, 0) is 49.4 Å². The summed E-state index contributed by atoms with van der Waals surface area (Å²) in [5.41, 5.74) is 3.74. The van der Waals surface area contributed by atoms with Crippen LogP contribution in [0.3, 0.4) is 0 Å². The summed E-state index contributed by atoms with van der Waals surface area (Å²) in [6.45, 7) is 5.72. The molecule has 0 aliphatic heterocycles. The van der Waals surface area contributed by atoms with E-state index in [0.29, 0.717) is 12.5 Å². The van der Waals surface area contributed by atoms with E-state index in [2.05, 4.69) is 85.3 Å².